The third kappa shape index (κ3) is 19.3. The Kier molecular flexibility index (Phi) is 17.9. The summed E-state index contributed by atoms with van der Waals surface area (Å²) < 4.78 is 5.29. The summed E-state index contributed by atoms with van der Waals surface area (Å²) in [5.41, 5.74) is 0. The maximum absolute atomic E-state index is 11.6. The second-order valence-electron chi connectivity index (χ2n) is 7.38. The summed E-state index contributed by atoms with van der Waals surface area (Å²) in [6, 6.07) is 0. The van der Waals surface area contributed by atoms with Crippen molar-refractivity contribution in [2.75, 3.05) is 6.61 Å². The van der Waals surface area contributed by atoms with Crippen LogP contribution in [0.5, 0.6) is 0 Å². The highest BCUT2D eigenvalue weighted by Gasteiger charge is 2.02. The van der Waals surface area contributed by atoms with Crippen LogP contribution >= 0.6 is 0 Å². The molecule has 0 amide bonds. The van der Waals surface area contributed by atoms with Crippen LogP contribution in [0.3, 0.4) is 0 Å². The van der Waals surface area contributed by atoms with Gasteiger partial charge in [-0.05, 0) is 38.0 Å². The summed E-state index contributed by atoms with van der Waals surface area (Å²) in [5, 5.41) is 0. The highest BCUT2D eigenvalue weighted by atomic mass is 16.5. The van der Waals surface area contributed by atoms with Gasteiger partial charge in [-0.2, -0.15) is 0 Å². The molecule has 2 nitrogen and oxygen atoms in total. The summed E-state index contributed by atoms with van der Waals surface area (Å²) in [5.74, 6) is 0.780. The Morgan fingerprint density at radius 2 is 1.46 bits per heavy atom. The number of esters is 1. The van der Waals surface area contributed by atoms with Crippen molar-refractivity contribution >= 4 is 5.97 Å². The van der Waals surface area contributed by atoms with Gasteiger partial charge in [0.25, 0.3) is 0 Å². The Bertz CT molecular complexity index is 294. The molecule has 0 aromatic heterocycles. The van der Waals surface area contributed by atoms with Crippen molar-refractivity contribution in [1.82, 2.24) is 0 Å². The minimum Gasteiger partial charge on any atom is -0.466 e. The maximum atomic E-state index is 11.6. The van der Waals surface area contributed by atoms with Crippen LogP contribution in [0.1, 0.15) is 111 Å². The lowest BCUT2D eigenvalue weighted by molar-refractivity contribution is -0.143. The molecule has 0 heterocycles. The van der Waals surface area contributed by atoms with Gasteiger partial charge < -0.3 is 4.74 Å². The van der Waals surface area contributed by atoms with Crippen LogP contribution in [0.15, 0.2) is 12.2 Å². The molecule has 0 bridgehead atoms. The second-order valence-corrected chi connectivity index (χ2v) is 7.38. The van der Waals surface area contributed by atoms with E-state index >= 15 is 0 Å². The smallest absolute Gasteiger partial charge is 0.305 e. The van der Waals surface area contributed by atoms with Crippen LogP contribution in [0.2, 0.25) is 0 Å². The first kappa shape index (κ1) is 23.2. The van der Waals surface area contributed by atoms with Crippen LogP contribution in [-0.4, -0.2) is 12.6 Å². The van der Waals surface area contributed by atoms with Gasteiger partial charge >= 0.3 is 5.97 Å². The number of carbonyl (C=O) groups excluding carboxylic acids is 1. The van der Waals surface area contributed by atoms with E-state index in [1.54, 1.807) is 0 Å². The second kappa shape index (κ2) is 18.5. The summed E-state index contributed by atoms with van der Waals surface area (Å²) in [6.45, 7) is 7.35. The number of allylic oxidation sites excluding steroid dienone is 2. The van der Waals surface area contributed by atoms with Crippen LogP contribution < -0.4 is 0 Å². The summed E-state index contributed by atoms with van der Waals surface area (Å²) in [4.78, 5) is 11.6. The lowest BCUT2D eigenvalue weighted by Crippen LogP contribution is -2.05. The molecule has 0 aliphatic heterocycles. The average molecular weight is 339 g/mol. The van der Waals surface area contributed by atoms with Gasteiger partial charge in [0, 0.05) is 6.42 Å². The first-order chi connectivity index (χ1) is 11.7. The summed E-state index contributed by atoms with van der Waals surface area (Å²) >= 11 is 0. The first-order valence-electron chi connectivity index (χ1n) is 10.5. The third-order valence-electron chi connectivity index (χ3n) is 4.33. The molecule has 0 aliphatic rings. The van der Waals surface area contributed by atoms with Crippen molar-refractivity contribution in [3.05, 3.63) is 12.2 Å². The van der Waals surface area contributed by atoms with E-state index in [2.05, 4.69) is 32.9 Å². The lowest BCUT2D eigenvalue weighted by Gasteiger charge is -2.06. The van der Waals surface area contributed by atoms with Gasteiger partial charge in [0.05, 0.1) is 6.61 Å². The van der Waals surface area contributed by atoms with Gasteiger partial charge in [-0.1, -0.05) is 84.3 Å². The molecule has 0 rings (SSSR count). The van der Waals surface area contributed by atoms with Crippen LogP contribution in [0.4, 0.5) is 0 Å². The van der Waals surface area contributed by atoms with Gasteiger partial charge in [-0.15, -0.1) is 0 Å². The molecule has 0 atom stereocenters. The topological polar surface area (TPSA) is 26.3 Å². The Morgan fingerprint density at radius 1 is 0.833 bits per heavy atom. The molecular formula is C22H42O2. The van der Waals surface area contributed by atoms with E-state index in [4.69, 9.17) is 4.74 Å². The fraction of sp³-hybridized carbons (Fsp3) is 0.864. The molecule has 0 aromatic rings. The van der Waals surface area contributed by atoms with Crippen molar-refractivity contribution in [2.45, 2.75) is 111 Å². The molecular weight excluding hydrogens is 296 g/mol. The first-order valence-corrected chi connectivity index (χ1v) is 10.5. The van der Waals surface area contributed by atoms with E-state index in [0.29, 0.717) is 13.0 Å². The Balaban J connectivity index is 3.22. The largest absolute Gasteiger partial charge is 0.466 e. The highest BCUT2D eigenvalue weighted by Crippen LogP contribution is 2.10. The zero-order valence-corrected chi connectivity index (χ0v) is 16.7. The summed E-state index contributed by atoms with van der Waals surface area (Å²) in [7, 11) is 0. The van der Waals surface area contributed by atoms with E-state index in [-0.39, 0.29) is 5.97 Å². The number of carbonyl (C=O) groups is 1. The van der Waals surface area contributed by atoms with E-state index in [1.807, 2.05) is 0 Å². The lowest BCUT2D eigenvalue weighted by atomic mass is 10.1. The molecule has 2 heteroatoms. The van der Waals surface area contributed by atoms with Crippen molar-refractivity contribution < 1.29 is 9.53 Å². The minimum absolute atomic E-state index is 0.00211. The zero-order valence-electron chi connectivity index (χ0n) is 16.7. The van der Waals surface area contributed by atoms with Crippen LogP contribution in [-0.2, 0) is 9.53 Å². The van der Waals surface area contributed by atoms with Gasteiger partial charge in [0.2, 0.25) is 0 Å². The summed E-state index contributed by atoms with van der Waals surface area (Å²) in [6.07, 6.45) is 21.0. The van der Waals surface area contributed by atoms with Crippen LogP contribution in [0, 0.1) is 5.92 Å². The molecule has 0 saturated carbocycles. The average Bonchev–Trinajstić information content (AvgIpc) is 2.55. The number of rotatable bonds is 17. The van der Waals surface area contributed by atoms with Gasteiger partial charge in [0.15, 0.2) is 0 Å². The number of hydrogen-bond donors (Lipinski definition) is 0. The number of unbranched alkanes of at least 4 members (excludes halogenated alkanes) is 9. The van der Waals surface area contributed by atoms with Crippen molar-refractivity contribution in [3.8, 4) is 0 Å². The molecule has 0 aliphatic carbocycles. The standard InChI is InChI=1S/C22H42O2/c1-4-5-6-7-8-9-10-11-12-13-16-19-22(23)24-20-17-14-15-18-21(2)3/h7-8,21H,4-6,9-20H2,1-3H3/b8-7-. The molecule has 0 aromatic carbocycles. The molecule has 0 unspecified atom stereocenters. The van der Waals surface area contributed by atoms with E-state index in [9.17, 15) is 4.79 Å². The third-order valence-corrected chi connectivity index (χ3v) is 4.33. The molecule has 0 spiro atoms. The fourth-order valence-electron chi connectivity index (χ4n) is 2.71. The quantitative estimate of drug-likeness (QED) is 0.159. The van der Waals surface area contributed by atoms with Gasteiger partial charge in [-0.25, -0.2) is 0 Å². The monoisotopic (exact) mass is 338 g/mol. The van der Waals surface area contributed by atoms with E-state index < -0.39 is 0 Å². The SMILES string of the molecule is CCCC/C=C\CCCCCCCC(=O)OCCCCCC(C)C. The van der Waals surface area contributed by atoms with Gasteiger partial charge in [0.1, 0.15) is 0 Å². The number of hydrogen-bond acceptors (Lipinski definition) is 2. The predicted octanol–water partition coefficient (Wildman–Crippen LogP) is 7.22. The predicted molar refractivity (Wildman–Crippen MR) is 105 cm³/mol. The van der Waals surface area contributed by atoms with Gasteiger partial charge in [-0.3, -0.25) is 4.79 Å². The number of ether oxygens (including phenoxy) is 1. The zero-order chi connectivity index (χ0) is 17.9. The Labute approximate surface area is 151 Å². The fourth-order valence-corrected chi connectivity index (χ4v) is 2.71. The Morgan fingerprint density at radius 3 is 2.17 bits per heavy atom. The molecule has 142 valence electrons. The molecule has 24 heavy (non-hydrogen) atoms. The highest BCUT2D eigenvalue weighted by molar-refractivity contribution is 5.69. The molecule has 0 N–H and O–H groups in total. The molecule has 0 saturated heterocycles. The minimum atomic E-state index is -0.00211. The van der Waals surface area contributed by atoms with Crippen LogP contribution in [0.25, 0.3) is 0 Å². The van der Waals surface area contributed by atoms with Crippen molar-refractivity contribution in [1.29, 1.82) is 0 Å². The van der Waals surface area contributed by atoms with E-state index in [1.165, 1.54) is 64.2 Å². The van der Waals surface area contributed by atoms with E-state index in [0.717, 1.165) is 25.2 Å². The maximum Gasteiger partial charge on any atom is 0.305 e. The Hall–Kier alpha value is -0.790. The molecule has 0 radical (unpaired) electrons. The normalized spacial score (nSPS) is 11.5. The molecule has 0 fully saturated rings. The van der Waals surface area contributed by atoms with Crippen molar-refractivity contribution in [2.24, 2.45) is 5.92 Å². The van der Waals surface area contributed by atoms with Crippen molar-refractivity contribution in [3.63, 3.8) is 0 Å².